The second-order valence-electron chi connectivity index (χ2n) is 8.61. The normalized spacial score (nSPS) is 12.0. The van der Waals surface area contributed by atoms with Gasteiger partial charge in [0.05, 0.1) is 16.9 Å². The number of fused-ring (bicyclic) bond motifs is 2. The van der Waals surface area contributed by atoms with Gasteiger partial charge in [-0.25, -0.2) is 15.0 Å². The molecule has 9 heteroatoms. The van der Waals surface area contributed by atoms with Gasteiger partial charge in [-0.05, 0) is 48.2 Å². The predicted molar refractivity (Wildman–Crippen MR) is 144 cm³/mol. The molecule has 0 bridgehead atoms. The van der Waals surface area contributed by atoms with Gasteiger partial charge < -0.3 is 11.1 Å². The molecule has 3 N–H and O–H groups in total. The Balaban J connectivity index is 1.57. The number of nitrogens with one attached hydrogen (secondary N) is 1. The fourth-order valence-electron chi connectivity index (χ4n) is 4.59. The Kier molecular flexibility index (Phi) is 5.49. The molecule has 0 saturated carbocycles. The van der Waals surface area contributed by atoms with Gasteiger partial charge in [0, 0.05) is 35.5 Å². The summed E-state index contributed by atoms with van der Waals surface area (Å²) in [5.41, 5.74) is 10.1. The molecule has 0 unspecified atom stereocenters. The first-order chi connectivity index (χ1) is 18.1. The number of nitrogens with two attached hydrogens (primary N) is 1. The van der Waals surface area contributed by atoms with Crippen LogP contribution in [0.1, 0.15) is 18.7 Å². The van der Waals surface area contributed by atoms with Gasteiger partial charge in [-0.3, -0.25) is 14.3 Å². The van der Waals surface area contributed by atoms with Crippen molar-refractivity contribution in [3.8, 4) is 16.8 Å². The fourth-order valence-corrected chi connectivity index (χ4v) is 4.59. The fraction of sp³-hybridized carbons (Fsp3) is 0.0714. The molecule has 0 spiro atoms. The van der Waals surface area contributed by atoms with Gasteiger partial charge in [-0.1, -0.05) is 36.4 Å². The minimum Gasteiger partial charge on any atom is -0.368 e. The lowest BCUT2D eigenvalue weighted by Gasteiger charge is -2.22. The number of para-hydroxylation sites is 1. The molecule has 2 aromatic carbocycles. The van der Waals surface area contributed by atoms with E-state index in [1.165, 1.54) is 6.33 Å². The maximum absolute atomic E-state index is 14.2. The maximum Gasteiger partial charge on any atom is 0.263 e. The van der Waals surface area contributed by atoms with E-state index in [2.05, 4.69) is 30.2 Å². The first-order valence-electron chi connectivity index (χ1n) is 11.7. The zero-order valence-corrected chi connectivity index (χ0v) is 19.9. The van der Waals surface area contributed by atoms with E-state index in [0.29, 0.717) is 22.2 Å². The molecule has 6 rings (SSSR count). The van der Waals surface area contributed by atoms with Gasteiger partial charge in [0.15, 0.2) is 5.82 Å². The molecule has 0 saturated heterocycles. The van der Waals surface area contributed by atoms with E-state index in [1.807, 2.05) is 67.6 Å². The largest absolute Gasteiger partial charge is 0.368 e. The van der Waals surface area contributed by atoms with Crippen molar-refractivity contribution in [1.29, 1.82) is 0 Å². The average molecular weight is 487 g/mol. The minimum absolute atomic E-state index is 0.142. The minimum atomic E-state index is -0.333. The number of hydrogen-bond acceptors (Lipinski definition) is 8. The summed E-state index contributed by atoms with van der Waals surface area (Å²) in [6.45, 7) is 1.97. The van der Waals surface area contributed by atoms with Crippen LogP contribution in [0.5, 0.6) is 0 Å². The Morgan fingerprint density at radius 3 is 2.57 bits per heavy atom. The van der Waals surface area contributed by atoms with E-state index in [0.717, 1.165) is 27.9 Å². The molecule has 0 aliphatic rings. The van der Waals surface area contributed by atoms with E-state index in [4.69, 9.17) is 5.73 Å². The SMILES string of the molecule is C[C@H](Nc1nc(N)nc2cccnc12)c1cc2cccc(-c3cncnc3)c2c(=O)n1-c1ccccc1. The van der Waals surface area contributed by atoms with Gasteiger partial charge in [-0.2, -0.15) is 4.98 Å². The summed E-state index contributed by atoms with van der Waals surface area (Å²) >= 11 is 0. The van der Waals surface area contributed by atoms with Crippen molar-refractivity contribution in [1.82, 2.24) is 29.5 Å². The van der Waals surface area contributed by atoms with Crippen molar-refractivity contribution < 1.29 is 0 Å². The smallest absolute Gasteiger partial charge is 0.263 e. The maximum atomic E-state index is 14.2. The first-order valence-corrected chi connectivity index (χ1v) is 11.7. The van der Waals surface area contributed by atoms with Gasteiger partial charge in [-0.15, -0.1) is 0 Å². The number of anilines is 2. The molecular formula is C28H22N8O. The molecule has 0 aliphatic heterocycles. The van der Waals surface area contributed by atoms with Crippen LogP contribution in [0, 0.1) is 0 Å². The summed E-state index contributed by atoms with van der Waals surface area (Å²) in [6.07, 6.45) is 6.58. The number of pyridine rings is 2. The summed E-state index contributed by atoms with van der Waals surface area (Å²) < 4.78 is 1.73. The Morgan fingerprint density at radius 2 is 1.76 bits per heavy atom. The Bertz CT molecular complexity index is 1800. The van der Waals surface area contributed by atoms with Crippen molar-refractivity contribution in [3.05, 3.63) is 108 Å². The molecule has 0 fully saturated rings. The lowest BCUT2D eigenvalue weighted by atomic mass is 9.99. The Labute approximate surface area is 211 Å². The highest BCUT2D eigenvalue weighted by molar-refractivity contribution is 5.96. The highest BCUT2D eigenvalue weighted by Gasteiger charge is 2.20. The quantitative estimate of drug-likeness (QED) is 0.364. The molecule has 4 aromatic heterocycles. The predicted octanol–water partition coefficient (Wildman–Crippen LogP) is 4.54. The van der Waals surface area contributed by atoms with Crippen molar-refractivity contribution in [2.75, 3.05) is 11.1 Å². The number of nitrogen functional groups attached to an aromatic ring is 1. The number of rotatable bonds is 5. The zero-order valence-electron chi connectivity index (χ0n) is 19.9. The third kappa shape index (κ3) is 4.02. The van der Waals surface area contributed by atoms with Crippen LogP contribution in [-0.4, -0.2) is 29.5 Å². The van der Waals surface area contributed by atoms with Gasteiger partial charge in [0.1, 0.15) is 11.8 Å². The third-order valence-electron chi connectivity index (χ3n) is 6.23. The average Bonchev–Trinajstić information content (AvgIpc) is 2.93. The molecule has 6 aromatic rings. The summed E-state index contributed by atoms with van der Waals surface area (Å²) in [5.74, 6) is 0.641. The van der Waals surface area contributed by atoms with Crippen molar-refractivity contribution in [2.45, 2.75) is 13.0 Å². The van der Waals surface area contributed by atoms with Crippen molar-refractivity contribution >= 4 is 33.6 Å². The van der Waals surface area contributed by atoms with Crippen LogP contribution in [-0.2, 0) is 0 Å². The molecule has 37 heavy (non-hydrogen) atoms. The second kappa shape index (κ2) is 9.12. The molecule has 0 aliphatic carbocycles. The lowest BCUT2D eigenvalue weighted by molar-refractivity contribution is 0.774. The van der Waals surface area contributed by atoms with E-state index >= 15 is 0 Å². The van der Waals surface area contributed by atoms with Crippen LogP contribution < -0.4 is 16.6 Å². The van der Waals surface area contributed by atoms with E-state index in [1.54, 1.807) is 29.2 Å². The van der Waals surface area contributed by atoms with Crippen molar-refractivity contribution in [3.63, 3.8) is 0 Å². The summed E-state index contributed by atoms with van der Waals surface area (Å²) in [6, 6.07) is 20.7. The van der Waals surface area contributed by atoms with Crippen LogP contribution in [0.25, 0.3) is 38.6 Å². The Hall–Kier alpha value is -5.18. The summed E-state index contributed by atoms with van der Waals surface area (Å²) in [5, 5.41) is 4.82. The van der Waals surface area contributed by atoms with Crippen LogP contribution >= 0.6 is 0 Å². The zero-order chi connectivity index (χ0) is 25.4. The molecule has 180 valence electrons. The number of benzene rings is 2. The van der Waals surface area contributed by atoms with E-state index < -0.39 is 0 Å². The molecule has 4 heterocycles. The third-order valence-corrected chi connectivity index (χ3v) is 6.23. The number of nitrogens with zero attached hydrogens (tertiary/aromatic N) is 6. The number of aromatic nitrogens is 6. The van der Waals surface area contributed by atoms with Crippen LogP contribution in [0.2, 0.25) is 0 Å². The molecule has 0 radical (unpaired) electrons. The van der Waals surface area contributed by atoms with E-state index in [-0.39, 0.29) is 17.5 Å². The lowest BCUT2D eigenvalue weighted by Crippen LogP contribution is -2.26. The molecule has 9 nitrogen and oxygen atoms in total. The van der Waals surface area contributed by atoms with E-state index in [9.17, 15) is 4.79 Å². The second-order valence-corrected chi connectivity index (χ2v) is 8.61. The number of hydrogen-bond donors (Lipinski definition) is 2. The topological polar surface area (TPSA) is 124 Å². The van der Waals surface area contributed by atoms with Crippen molar-refractivity contribution in [2.24, 2.45) is 0 Å². The van der Waals surface area contributed by atoms with Gasteiger partial charge in [0.2, 0.25) is 5.95 Å². The molecule has 1 atom stereocenters. The van der Waals surface area contributed by atoms with Gasteiger partial charge >= 0.3 is 0 Å². The van der Waals surface area contributed by atoms with Crippen LogP contribution in [0.3, 0.4) is 0 Å². The first kappa shape index (κ1) is 22.3. The van der Waals surface area contributed by atoms with Gasteiger partial charge in [0.25, 0.3) is 5.56 Å². The highest BCUT2D eigenvalue weighted by Crippen LogP contribution is 2.30. The standard InChI is InChI=1S/C28H22N8O/c1-17(33-26-25-22(11-6-12-32-25)34-28(29)35-26)23-13-18-7-5-10-21(19-14-30-16-31-15-19)24(18)27(37)36(23)20-8-3-2-4-9-20/h2-17H,1H3,(H3,29,33,34,35)/t17-/m0/s1. The summed E-state index contributed by atoms with van der Waals surface area (Å²) in [4.78, 5) is 35.6. The highest BCUT2D eigenvalue weighted by atomic mass is 16.1. The van der Waals surface area contributed by atoms with Crippen LogP contribution in [0.4, 0.5) is 11.8 Å². The summed E-state index contributed by atoms with van der Waals surface area (Å²) in [7, 11) is 0. The Morgan fingerprint density at radius 1 is 0.946 bits per heavy atom. The van der Waals surface area contributed by atoms with Crippen LogP contribution in [0.15, 0.2) is 96.4 Å². The molecule has 0 amide bonds. The monoisotopic (exact) mass is 486 g/mol. The molecular weight excluding hydrogens is 464 g/mol.